The molecule has 0 aliphatic carbocycles. The Kier molecular flexibility index (Phi) is 3.16. The van der Waals surface area contributed by atoms with Crippen molar-refractivity contribution in [3.05, 3.63) is 35.4 Å². The van der Waals surface area contributed by atoms with Crippen LogP contribution in [-0.4, -0.2) is 6.61 Å². The summed E-state index contributed by atoms with van der Waals surface area (Å²) < 4.78 is 31.5. The van der Waals surface area contributed by atoms with Crippen molar-refractivity contribution >= 4 is 0 Å². The summed E-state index contributed by atoms with van der Waals surface area (Å²) in [5.74, 6) is -1.60. The van der Waals surface area contributed by atoms with Crippen molar-refractivity contribution in [1.82, 2.24) is 0 Å². The Bertz CT molecular complexity index is 407. The molecule has 1 saturated heterocycles. The molecule has 1 aromatic carbocycles. The zero-order valence-corrected chi connectivity index (χ0v) is 8.62. The van der Waals surface area contributed by atoms with Crippen LogP contribution in [0.1, 0.15) is 24.5 Å². The quantitative estimate of drug-likeness (QED) is 0.733. The third-order valence-electron chi connectivity index (χ3n) is 2.70. The summed E-state index contributed by atoms with van der Waals surface area (Å²) in [6.07, 6.45) is 1.01. The molecule has 16 heavy (non-hydrogen) atoms. The molecule has 1 heterocycles. The fourth-order valence-corrected chi connectivity index (χ4v) is 1.98. The van der Waals surface area contributed by atoms with E-state index in [1.165, 1.54) is 12.1 Å². The lowest BCUT2D eigenvalue weighted by Gasteiger charge is -2.27. The van der Waals surface area contributed by atoms with Crippen LogP contribution in [0, 0.1) is 28.9 Å². The molecule has 2 atom stereocenters. The minimum Gasteiger partial charge on any atom is -0.372 e. The van der Waals surface area contributed by atoms with E-state index in [0.717, 1.165) is 12.5 Å². The Morgan fingerprint density at radius 1 is 1.25 bits per heavy atom. The zero-order chi connectivity index (χ0) is 11.5. The molecule has 0 spiro atoms. The third-order valence-corrected chi connectivity index (χ3v) is 2.70. The first-order chi connectivity index (χ1) is 7.70. The van der Waals surface area contributed by atoms with Gasteiger partial charge >= 0.3 is 0 Å². The molecule has 2 nitrogen and oxygen atoms in total. The molecule has 1 aliphatic heterocycles. The second-order valence-electron chi connectivity index (χ2n) is 3.87. The molecule has 0 aromatic heterocycles. The number of nitrogens with zero attached hydrogens (tertiary/aromatic N) is 1. The van der Waals surface area contributed by atoms with E-state index in [-0.39, 0.29) is 5.92 Å². The minimum atomic E-state index is -0.638. The lowest BCUT2D eigenvalue weighted by molar-refractivity contribution is -0.0105. The second kappa shape index (κ2) is 4.58. The maximum Gasteiger partial charge on any atom is 0.126 e. The highest BCUT2D eigenvalue weighted by atomic mass is 19.1. The van der Waals surface area contributed by atoms with Gasteiger partial charge in [0, 0.05) is 12.7 Å². The van der Waals surface area contributed by atoms with Gasteiger partial charge in [0.2, 0.25) is 0 Å². The van der Waals surface area contributed by atoms with Crippen LogP contribution < -0.4 is 0 Å². The SMILES string of the molecule is N#CC1CCCOC1c1cc(F)cc(F)c1. The fraction of sp³-hybridized carbons (Fsp3) is 0.417. The highest BCUT2D eigenvalue weighted by Crippen LogP contribution is 2.33. The number of hydrogen-bond donors (Lipinski definition) is 0. The number of hydrogen-bond acceptors (Lipinski definition) is 2. The minimum absolute atomic E-state index is 0.324. The van der Waals surface area contributed by atoms with Gasteiger partial charge in [-0.1, -0.05) is 0 Å². The lowest BCUT2D eigenvalue weighted by atomic mass is 9.90. The molecular formula is C12H11F2NO. The van der Waals surface area contributed by atoms with E-state index in [4.69, 9.17) is 10.00 Å². The smallest absolute Gasteiger partial charge is 0.126 e. The average Bonchev–Trinajstić information content (AvgIpc) is 2.27. The first-order valence-electron chi connectivity index (χ1n) is 5.18. The fourth-order valence-electron chi connectivity index (χ4n) is 1.98. The van der Waals surface area contributed by atoms with Crippen molar-refractivity contribution in [3.8, 4) is 6.07 Å². The van der Waals surface area contributed by atoms with Crippen molar-refractivity contribution in [2.45, 2.75) is 18.9 Å². The molecule has 4 heteroatoms. The Morgan fingerprint density at radius 2 is 1.94 bits per heavy atom. The Hall–Kier alpha value is -1.47. The van der Waals surface area contributed by atoms with Crippen LogP contribution in [0.2, 0.25) is 0 Å². The molecule has 0 bridgehead atoms. The second-order valence-corrected chi connectivity index (χ2v) is 3.87. The predicted molar refractivity (Wildman–Crippen MR) is 53.4 cm³/mol. The molecule has 1 fully saturated rings. The summed E-state index contributed by atoms with van der Waals surface area (Å²) in [4.78, 5) is 0. The molecule has 0 N–H and O–H groups in total. The van der Waals surface area contributed by atoms with Gasteiger partial charge in [0.05, 0.1) is 18.1 Å². The number of benzene rings is 1. The van der Waals surface area contributed by atoms with Crippen molar-refractivity contribution in [2.24, 2.45) is 5.92 Å². The van der Waals surface area contributed by atoms with Crippen molar-refractivity contribution in [1.29, 1.82) is 5.26 Å². The largest absolute Gasteiger partial charge is 0.372 e. The summed E-state index contributed by atoms with van der Waals surface area (Å²) in [6.45, 7) is 0.529. The van der Waals surface area contributed by atoms with Gasteiger partial charge in [-0.05, 0) is 30.5 Å². The first-order valence-corrected chi connectivity index (χ1v) is 5.18. The van der Waals surface area contributed by atoms with E-state index >= 15 is 0 Å². The van der Waals surface area contributed by atoms with E-state index in [9.17, 15) is 8.78 Å². The van der Waals surface area contributed by atoms with Crippen LogP contribution in [0.4, 0.5) is 8.78 Å². The maximum absolute atomic E-state index is 13.0. The van der Waals surface area contributed by atoms with Gasteiger partial charge in [0.25, 0.3) is 0 Å². The maximum atomic E-state index is 13.0. The van der Waals surface area contributed by atoms with Crippen LogP contribution in [-0.2, 0) is 4.74 Å². The highest BCUT2D eigenvalue weighted by Gasteiger charge is 2.28. The average molecular weight is 223 g/mol. The van der Waals surface area contributed by atoms with Crippen molar-refractivity contribution < 1.29 is 13.5 Å². The van der Waals surface area contributed by atoms with Gasteiger partial charge in [0.15, 0.2) is 0 Å². The van der Waals surface area contributed by atoms with Crippen LogP contribution in [0.25, 0.3) is 0 Å². The molecular weight excluding hydrogens is 212 g/mol. The van der Waals surface area contributed by atoms with Gasteiger partial charge in [0.1, 0.15) is 11.6 Å². The molecule has 0 saturated carbocycles. The normalized spacial score (nSPS) is 25.1. The molecule has 2 rings (SSSR count). The molecule has 0 radical (unpaired) electrons. The Labute approximate surface area is 92.5 Å². The lowest BCUT2D eigenvalue weighted by Crippen LogP contribution is -2.21. The highest BCUT2D eigenvalue weighted by molar-refractivity contribution is 5.22. The van der Waals surface area contributed by atoms with E-state index in [1.54, 1.807) is 0 Å². The topological polar surface area (TPSA) is 33.0 Å². The number of halogens is 2. The van der Waals surface area contributed by atoms with E-state index in [1.807, 2.05) is 0 Å². The summed E-state index contributed by atoms with van der Waals surface area (Å²) in [5, 5.41) is 8.94. The monoisotopic (exact) mass is 223 g/mol. The first kappa shape index (κ1) is 11.0. The van der Waals surface area contributed by atoms with Gasteiger partial charge < -0.3 is 4.74 Å². The van der Waals surface area contributed by atoms with Crippen molar-refractivity contribution in [2.75, 3.05) is 6.61 Å². The number of ether oxygens (including phenoxy) is 1. The van der Waals surface area contributed by atoms with Gasteiger partial charge in [-0.3, -0.25) is 0 Å². The summed E-state index contributed by atoms with van der Waals surface area (Å²) in [5.41, 5.74) is 0.406. The van der Waals surface area contributed by atoms with E-state index < -0.39 is 17.7 Å². The third kappa shape index (κ3) is 2.20. The molecule has 84 valence electrons. The molecule has 2 unspecified atom stereocenters. The van der Waals surface area contributed by atoms with Crippen molar-refractivity contribution in [3.63, 3.8) is 0 Å². The standard InChI is InChI=1S/C12H11F2NO/c13-10-4-9(5-11(14)6-10)12-8(7-15)2-1-3-16-12/h4-6,8,12H,1-3H2. The van der Waals surface area contributed by atoms with E-state index in [2.05, 4.69) is 6.07 Å². The number of nitriles is 1. The Balaban J connectivity index is 2.31. The summed E-state index contributed by atoms with van der Waals surface area (Å²) in [6, 6.07) is 5.39. The molecule has 0 amide bonds. The Morgan fingerprint density at radius 3 is 2.56 bits per heavy atom. The molecule has 1 aliphatic rings. The predicted octanol–water partition coefficient (Wildman–Crippen LogP) is 2.96. The molecule has 1 aromatic rings. The van der Waals surface area contributed by atoms with Crippen LogP contribution in [0.3, 0.4) is 0 Å². The summed E-state index contributed by atoms with van der Waals surface area (Å²) in [7, 11) is 0. The van der Waals surface area contributed by atoms with Gasteiger partial charge in [-0.15, -0.1) is 0 Å². The van der Waals surface area contributed by atoms with Gasteiger partial charge in [-0.2, -0.15) is 5.26 Å². The van der Waals surface area contributed by atoms with Gasteiger partial charge in [-0.25, -0.2) is 8.78 Å². The number of rotatable bonds is 1. The zero-order valence-electron chi connectivity index (χ0n) is 8.62. The summed E-state index contributed by atoms with van der Waals surface area (Å²) >= 11 is 0. The van der Waals surface area contributed by atoms with Crippen LogP contribution in [0.15, 0.2) is 18.2 Å². The van der Waals surface area contributed by atoms with Crippen LogP contribution >= 0.6 is 0 Å². The van der Waals surface area contributed by atoms with Crippen LogP contribution in [0.5, 0.6) is 0 Å². The van der Waals surface area contributed by atoms with E-state index in [0.29, 0.717) is 18.6 Å².